The molecule has 0 unspecified atom stereocenters. The maximum absolute atomic E-state index is 11.3. The van der Waals surface area contributed by atoms with Gasteiger partial charge < -0.3 is 5.11 Å². The molecule has 0 aromatic carbocycles. The Morgan fingerprint density at radius 3 is 2.07 bits per heavy atom. The highest BCUT2D eigenvalue weighted by atomic mass is 32.2. The van der Waals surface area contributed by atoms with Crippen molar-refractivity contribution in [1.29, 1.82) is 0 Å². The zero-order valence-corrected chi connectivity index (χ0v) is 10.5. The van der Waals surface area contributed by atoms with Gasteiger partial charge in [0.1, 0.15) is 0 Å². The lowest BCUT2D eigenvalue weighted by Crippen LogP contribution is -2.40. The predicted octanol–water partition coefficient (Wildman–Crippen LogP) is 0.817. The van der Waals surface area contributed by atoms with Gasteiger partial charge in [-0.05, 0) is 38.5 Å². The number of hydrogen-bond acceptors (Lipinski definition) is 3. The number of aliphatic hydroxyl groups excluding tert-OH is 1. The minimum Gasteiger partial charge on any atom is -0.393 e. The normalized spacial score (nSPS) is 30.5. The molecule has 0 amide bonds. The van der Waals surface area contributed by atoms with Gasteiger partial charge in [-0.15, -0.1) is 0 Å². The van der Waals surface area contributed by atoms with Crippen LogP contribution in [-0.4, -0.2) is 43.3 Å². The average Bonchev–Trinajstić information content (AvgIpc) is 2.15. The van der Waals surface area contributed by atoms with Crippen molar-refractivity contribution in [3.8, 4) is 0 Å². The lowest BCUT2D eigenvalue weighted by molar-refractivity contribution is 0.0866. The van der Waals surface area contributed by atoms with Gasteiger partial charge in [-0.1, -0.05) is 0 Å². The molecular formula is C10H21NO3S. The van der Waals surface area contributed by atoms with E-state index in [2.05, 4.69) is 0 Å². The van der Waals surface area contributed by atoms with Gasteiger partial charge in [0.05, 0.1) is 12.4 Å². The third-order valence-corrected chi connectivity index (χ3v) is 4.81. The molecule has 0 heterocycles. The maximum atomic E-state index is 11.3. The Bertz CT molecular complexity index is 292. The largest absolute Gasteiger partial charge is 0.393 e. The Morgan fingerprint density at radius 1 is 1.27 bits per heavy atom. The van der Waals surface area contributed by atoms with Crippen molar-refractivity contribution in [2.75, 3.05) is 13.3 Å². The molecule has 1 N–H and O–H groups in total. The van der Waals surface area contributed by atoms with Crippen LogP contribution < -0.4 is 0 Å². The third-order valence-electron chi connectivity index (χ3n) is 3.46. The Morgan fingerprint density at radius 2 is 1.73 bits per heavy atom. The van der Waals surface area contributed by atoms with Crippen molar-refractivity contribution in [2.24, 2.45) is 5.92 Å². The topological polar surface area (TPSA) is 57.6 Å². The molecule has 1 fully saturated rings. The number of rotatable bonds is 3. The van der Waals surface area contributed by atoms with Crippen LogP contribution in [0.4, 0.5) is 0 Å². The first-order valence-corrected chi connectivity index (χ1v) is 7.28. The molecule has 0 radical (unpaired) electrons. The Labute approximate surface area is 92.3 Å². The first-order chi connectivity index (χ1) is 6.82. The minimum atomic E-state index is -3.07. The van der Waals surface area contributed by atoms with E-state index in [9.17, 15) is 13.5 Å². The van der Waals surface area contributed by atoms with Crippen molar-refractivity contribution < 1.29 is 13.5 Å². The molecule has 90 valence electrons. The average molecular weight is 235 g/mol. The number of hydrogen-bond donors (Lipinski definition) is 1. The molecule has 0 aliphatic heterocycles. The van der Waals surface area contributed by atoms with Gasteiger partial charge in [-0.3, -0.25) is 0 Å². The molecule has 0 spiro atoms. The highest BCUT2D eigenvalue weighted by molar-refractivity contribution is 7.88. The summed E-state index contributed by atoms with van der Waals surface area (Å²) in [6.07, 6.45) is 4.53. The molecular weight excluding hydrogens is 214 g/mol. The van der Waals surface area contributed by atoms with Crippen LogP contribution in [0.5, 0.6) is 0 Å². The van der Waals surface area contributed by atoms with Crippen LogP contribution in [-0.2, 0) is 10.0 Å². The Hall–Kier alpha value is -0.130. The highest BCUT2D eigenvalue weighted by Gasteiger charge is 2.29. The highest BCUT2D eigenvalue weighted by Crippen LogP contribution is 2.29. The standard InChI is InChI=1S/C10H21NO3S/c1-8(12)9-4-6-10(7-5-9)11(2)15(3,13)14/h8-10,12H,4-7H2,1-3H3/t8-,9?,10?/m1/s1. The third kappa shape index (κ3) is 3.43. The predicted molar refractivity (Wildman–Crippen MR) is 60.0 cm³/mol. The van der Waals surface area contributed by atoms with Crippen LogP contribution in [0.15, 0.2) is 0 Å². The van der Waals surface area contributed by atoms with E-state index < -0.39 is 10.0 Å². The summed E-state index contributed by atoms with van der Waals surface area (Å²) in [6.45, 7) is 1.81. The van der Waals surface area contributed by atoms with Crippen LogP contribution >= 0.6 is 0 Å². The second-order valence-corrected chi connectivity index (χ2v) is 6.63. The molecule has 0 aromatic heterocycles. The summed E-state index contributed by atoms with van der Waals surface area (Å²) in [5, 5.41) is 9.43. The first-order valence-electron chi connectivity index (χ1n) is 5.43. The molecule has 0 aromatic rings. The van der Waals surface area contributed by atoms with Gasteiger partial charge >= 0.3 is 0 Å². The van der Waals surface area contributed by atoms with E-state index in [1.807, 2.05) is 6.92 Å². The van der Waals surface area contributed by atoms with Gasteiger partial charge in [-0.2, -0.15) is 0 Å². The lowest BCUT2D eigenvalue weighted by Gasteiger charge is -2.34. The zero-order chi connectivity index (χ0) is 11.6. The smallest absolute Gasteiger partial charge is 0.211 e. The second kappa shape index (κ2) is 4.80. The van der Waals surface area contributed by atoms with Gasteiger partial charge in [0.25, 0.3) is 0 Å². The monoisotopic (exact) mass is 235 g/mol. The van der Waals surface area contributed by atoms with E-state index in [4.69, 9.17) is 0 Å². The summed E-state index contributed by atoms with van der Waals surface area (Å²) < 4.78 is 24.1. The van der Waals surface area contributed by atoms with Crippen LogP contribution in [0, 0.1) is 5.92 Å². The SMILES string of the molecule is C[C@@H](O)C1CCC(N(C)S(C)(=O)=O)CC1. The molecule has 1 saturated carbocycles. The molecule has 0 bridgehead atoms. The minimum absolute atomic E-state index is 0.120. The number of sulfonamides is 1. The number of aliphatic hydroxyl groups is 1. The van der Waals surface area contributed by atoms with Crippen molar-refractivity contribution in [3.63, 3.8) is 0 Å². The van der Waals surface area contributed by atoms with Crippen LogP contribution in [0.25, 0.3) is 0 Å². The molecule has 4 nitrogen and oxygen atoms in total. The summed E-state index contributed by atoms with van der Waals surface area (Å²) in [5.41, 5.74) is 0. The van der Waals surface area contributed by atoms with Crippen molar-refractivity contribution in [3.05, 3.63) is 0 Å². The van der Waals surface area contributed by atoms with Gasteiger partial charge in [0, 0.05) is 13.1 Å². The van der Waals surface area contributed by atoms with Crippen LogP contribution in [0.1, 0.15) is 32.6 Å². The fourth-order valence-electron chi connectivity index (χ4n) is 2.22. The lowest BCUT2D eigenvalue weighted by atomic mass is 9.83. The molecule has 1 rings (SSSR count). The van der Waals surface area contributed by atoms with E-state index in [0.29, 0.717) is 5.92 Å². The van der Waals surface area contributed by atoms with Crippen LogP contribution in [0.2, 0.25) is 0 Å². The van der Waals surface area contributed by atoms with Crippen molar-refractivity contribution in [2.45, 2.75) is 44.8 Å². The van der Waals surface area contributed by atoms with E-state index in [-0.39, 0.29) is 12.1 Å². The van der Waals surface area contributed by atoms with E-state index in [1.165, 1.54) is 10.6 Å². The Balaban J connectivity index is 2.51. The van der Waals surface area contributed by atoms with Gasteiger partial charge in [0.15, 0.2) is 0 Å². The fraction of sp³-hybridized carbons (Fsp3) is 1.00. The molecule has 15 heavy (non-hydrogen) atoms. The zero-order valence-electron chi connectivity index (χ0n) is 9.68. The number of nitrogens with zero attached hydrogens (tertiary/aromatic N) is 1. The quantitative estimate of drug-likeness (QED) is 0.788. The van der Waals surface area contributed by atoms with E-state index >= 15 is 0 Å². The summed E-state index contributed by atoms with van der Waals surface area (Å²) in [4.78, 5) is 0. The van der Waals surface area contributed by atoms with E-state index in [0.717, 1.165) is 25.7 Å². The first kappa shape index (κ1) is 12.9. The van der Waals surface area contributed by atoms with Crippen molar-refractivity contribution >= 4 is 10.0 Å². The van der Waals surface area contributed by atoms with Gasteiger partial charge in [-0.25, -0.2) is 12.7 Å². The molecule has 5 heteroatoms. The summed E-state index contributed by atoms with van der Waals surface area (Å²) in [6, 6.07) is 0.120. The Kier molecular flexibility index (Phi) is 4.14. The molecule has 1 aliphatic carbocycles. The molecule has 1 aliphatic rings. The molecule has 1 atom stereocenters. The maximum Gasteiger partial charge on any atom is 0.211 e. The summed E-state index contributed by atoms with van der Waals surface area (Å²) >= 11 is 0. The second-order valence-electron chi connectivity index (χ2n) is 4.59. The molecule has 0 saturated heterocycles. The van der Waals surface area contributed by atoms with Crippen molar-refractivity contribution in [1.82, 2.24) is 4.31 Å². The summed E-state index contributed by atoms with van der Waals surface area (Å²) in [7, 11) is -1.43. The fourth-order valence-corrected chi connectivity index (χ4v) is 2.97. The summed E-state index contributed by atoms with van der Waals surface area (Å²) in [5.74, 6) is 0.342. The van der Waals surface area contributed by atoms with Crippen LogP contribution in [0.3, 0.4) is 0 Å². The van der Waals surface area contributed by atoms with Gasteiger partial charge in [0.2, 0.25) is 10.0 Å². The van der Waals surface area contributed by atoms with E-state index in [1.54, 1.807) is 7.05 Å².